The molecule has 4 heteroatoms. The Bertz CT molecular complexity index is 430. The maximum atomic E-state index is 8.72. The van der Waals surface area contributed by atoms with E-state index in [-0.39, 0.29) is 0 Å². The van der Waals surface area contributed by atoms with Crippen LogP contribution >= 0.6 is 11.8 Å². The molecule has 1 heterocycles. The van der Waals surface area contributed by atoms with Gasteiger partial charge < -0.3 is 4.74 Å². The van der Waals surface area contributed by atoms with E-state index < -0.39 is 0 Å². The molecule has 1 saturated heterocycles. The number of hydrogen-bond acceptors (Lipinski definition) is 4. The summed E-state index contributed by atoms with van der Waals surface area (Å²) in [6, 6.07) is 9.40. The summed E-state index contributed by atoms with van der Waals surface area (Å²) in [6.07, 6.45) is 0. The first kappa shape index (κ1) is 14.2. The van der Waals surface area contributed by atoms with Gasteiger partial charge in [0.25, 0.3) is 0 Å². The fourth-order valence-electron chi connectivity index (χ4n) is 2.39. The van der Waals surface area contributed by atoms with Crippen LogP contribution in [0.2, 0.25) is 0 Å². The minimum absolute atomic E-state index is 0.669. The number of thioether (sulfide) groups is 1. The highest BCUT2D eigenvalue weighted by molar-refractivity contribution is 8.00. The highest BCUT2D eigenvalue weighted by atomic mass is 32.2. The van der Waals surface area contributed by atoms with E-state index in [0.717, 1.165) is 25.4 Å². The van der Waals surface area contributed by atoms with Crippen LogP contribution in [0.15, 0.2) is 24.3 Å². The van der Waals surface area contributed by atoms with Gasteiger partial charge in [0.05, 0.1) is 11.6 Å². The Kier molecular flexibility index (Phi) is 5.12. The van der Waals surface area contributed by atoms with E-state index >= 15 is 0 Å². The monoisotopic (exact) mass is 276 g/mol. The number of nitrogens with zero attached hydrogens (tertiary/aromatic N) is 2. The quantitative estimate of drug-likeness (QED) is 0.847. The molecule has 0 amide bonds. The average molecular weight is 276 g/mol. The summed E-state index contributed by atoms with van der Waals surface area (Å²) in [4.78, 5) is 2.47. The molecular weight excluding hydrogens is 256 g/mol. The van der Waals surface area contributed by atoms with E-state index in [0.29, 0.717) is 22.7 Å². The topological polar surface area (TPSA) is 36.3 Å². The molecule has 3 nitrogen and oxygen atoms in total. The SMILES string of the molecule is CC1CN(CCOc2ccc(C#N)cc2)CC(C)S1. The lowest BCUT2D eigenvalue weighted by molar-refractivity contribution is 0.207. The summed E-state index contributed by atoms with van der Waals surface area (Å²) < 4.78 is 5.72. The molecule has 0 aromatic heterocycles. The highest BCUT2D eigenvalue weighted by Crippen LogP contribution is 2.24. The third kappa shape index (κ3) is 4.45. The molecule has 19 heavy (non-hydrogen) atoms. The van der Waals surface area contributed by atoms with Crippen molar-refractivity contribution in [1.29, 1.82) is 5.26 Å². The van der Waals surface area contributed by atoms with Gasteiger partial charge in [-0.1, -0.05) is 13.8 Å². The molecule has 1 fully saturated rings. The molecular formula is C15H20N2OS. The zero-order valence-electron chi connectivity index (χ0n) is 11.5. The van der Waals surface area contributed by atoms with Gasteiger partial charge in [-0.3, -0.25) is 4.90 Å². The summed E-state index contributed by atoms with van der Waals surface area (Å²) in [6.45, 7) is 8.53. The van der Waals surface area contributed by atoms with Crippen LogP contribution in [-0.2, 0) is 0 Å². The molecule has 1 aromatic carbocycles. The Balaban J connectivity index is 1.75. The second-order valence-electron chi connectivity index (χ2n) is 5.00. The first-order valence-corrected chi connectivity index (χ1v) is 7.62. The number of nitriles is 1. The first-order chi connectivity index (χ1) is 9.17. The lowest BCUT2D eigenvalue weighted by atomic mass is 10.2. The van der Waals surface area contributed by atoms with Crippen LogP contribution in [-0.4, -0.2) is 41.6 Å². The van der Waals surface area contributed by atoms with Crippen molar-refractivity contribution in [1.82, 2.24) is 4.90 Å². The van der Waals surface area contributed by atoms with Crippen LogP contribution in [0.5, 0.6) is 5.75 Å². The molecule has 0 saturated carbocycles. The van der Waals surface area contributed by atoms with Gasteiger partial charge in [-0.05, 0) is 24.3 Å². The van der Waals surface area contributed by atoms with Crippen LogP contribution in [0.1, 0.15) is 19.4 Å². The molecule has 0 bridgehead atoms. The van der Waals surface area contributed by atoms with E-state index in [2.05, 4.69) is 36.6 Å². The summed E-state index contributed by atoms with van der Waals surface area (Å²) >= 11 is 2.07. The van der Waals surface area contributed by atoms with Crippen molar-refractivity contribution in [3.05, 3.63) is 29.8 Å². The minimum Gasteiger partial charge on any atom is -0.492 e. The van der Waals surface area contributed by atoms with Gasteiger partial charge in [-0.15, -0.1) is 0 Å². The lowest BCUT2D eigenvalue weighted by Gasteiger charge is -2.34. The lowest BCUT2D eigenvalue weighted by Crippen LogP contribution is -2.42. The highest BCUT2D eigenvalue weighted by Gasteiger charge is 2.21. The van der Waals surface area contributed by atoms with Gasteiger partial charge in [0.1, 0.15) is 12.4 Å². The number of ether oxygens (including phenoxy) is 1. The third-order valence-corrected chi connectivity index (χ3v) is 4.38. The first-order valence-electron chi connectivity index (χ1n) is 6.68. The van der Waals surface area contributed by atoms with Crippen LogP contribution in [0.4, 0.5) is 0 Å². The summed E-state index contributed by atoms with van der Waals surface area (Å²) in [5.74, 6) is 0.839. The summed E-state index contributed by atoms with van der Waals surface area (Å²) in [5.41, 5.74) is 0.669. The zero-order valence-corrected chi connectivity index (χ0v) is 12.3. The molecule has 1 aliphatic rings. The Morgan fingerprint density at radius 3 is 2.47 bits per heavy atom. The fourth-order valence-corrected chi connectivity index (χ4v) is 3.77. The Hall–Kier alpha value is -1.18. The van der Waals surface area contributed by atoms with Gasteiger partial charge in [0.15, 0.2) is 0 Å². The van der Waals surface area contributed by atoms with Gasteiger partial charge in [0.2, 0.25) is 0 Å². The van der Waals surface area contributed by atoms with Gasteiger partial charge in [-0.25, -0.2) is 0 Å². The predicted octanol–water partition coefficient (Wildman–Crippen LogP) is 2.76. The van der Waals surface area contributed by atoms with Gasteiger partial charge in [-0.2, -0.15) is 17.0 Å². The van der Waals surface area contributed by atoms with Crippen molar-refractivity contribution >= 4 is 11.8 Å². The van der Waals surface area contributed by atoms with Crippen molar-refractivity contribution in [3.63, 3.8) is 0 Å². The molecule has 0 radical (unpaired) electrons. The maximum absolute atomic E-state index is 8.72. The fraction of sp³-hybridized carbons (Fsp3) is 0.533. The minimum atomic E-state index is 0.669. The third-order valence-electron chi connectivity index (χ3n) is 3.15. The average Bonchev–Trinajstić information content (AvgIpc) is 2.38. The molecule has 0 N–H and O–H groups in total. The van der Waals surface area contributed by atoms with Gasteiger partial charge in [0, 0.05) is 30.1 Å². The van der Waals surface area contributed by atoms with Crippen molar-refractivity contribution in [2.75, 3.05) is 26.2 Å². The molecule has 1 aromatic rings. The van der Waals surface area contributed by atoms with Crippen molar-refractivity contribution in [2.45, 2.75) is 24.3 Å². The van der Waals surface area contributed by atoms with Crippen LogP contribution in [0.3, 0.4) is 0 Å². The van der Waals surface area contributed by atoms with Crippen LogP contribution < -0.4 is 4.74 Å². The summed E-state index contributed by atoms with van der Waals surface area (Å²) in [7, 11) is 0. The predicted molar refractivity (Wildman–Crippen MR) is 79.6 cm³/mol. The van der Waals surface area contributed by atoms with Crippen molar-refractivity contribution in [2.24, 2.45) is 0 Å². The number of benzene rings is 1. The molecule has 1 aliphatic heterocycles. The Morgan fingerprint density at radius 2 is 1.89 bits per heavy atom. The van der Waals surface area contributed by atoms with E-state index in [1.807, 2.05) is 12.1 Å². The molecule has 102 valence electrons. The Morgan fingerprint density at radius 1 is 1.26 bits per heavy atom. The molecule has 2 unspecified atom stereocenters. The largest absolute Gasteiger partial charge is 0.492 e. The van der Waals surface area contributed by atoms with Crippen molar-refractivity contribution < 1.29 is 4.74 Å². The number of hydrogen-bond donors (Lipinski definition) is 0. The van der Waals surface area contributed by atoms with E-state index in [4.69, 9.17) is 10.00 Å². The second-order valence-corrected chi connectivity index (χ2v) is 6.88. The normalized spacial score (nSPS) is 23.8. The van der Waals surface area contributed by atoms with Gasteiger partial charge >= 0.3 is 0 Å². The van der Waals surface area contributed by atoms with E-state index in [1.165, 1.54) is 0 Å². The standard InChI is InChI=1S/C15H20N2OS/c1-12-10-17(11-13(2)19-12)7-8-18-15-5-3-14(9-16)4-6-15/h3-6,12-13H,7-8,10-11H2,1-2H3. The molecule has 2 atom stereocenters. The second kappa shape index (κ2) is 6.83. The number of rotatable bonds is 4. The maximum Gasteiger partial charge on any atom is 0.119 e. The molecule has 2 rings (SSSR count). The molecule has 0 aliphatic carbocycles. The zero-order chi connectivity index (χ0) is 13.7. The van der Waals surface area contributed by atoms with E-state index in [1.54, 1.807) is 12.1 Å². The van der Waals surface area contributed by atoms with Crippen LogP contribution in [0.25, 0.3) is 0 Å². The van der Waals surface area contributed by atoms with E-state index in [9.17, 15) is 0 Å². The summed E-state index contributed by atoms with van der Waals surface area (Å²) in [5, 5.41) is 10.1. The smallest absolute Gasteiger partial charge is 0.119 e. The van der Waals surface area contributed by atoms with Crippen molar-refractivity contribution in [3.8, 4) is 11.8 Å². The Labute approximate surface area is 119 Å². The van der Waals surface area contributed by atoms with Crippen LogP contribution in [0, 0.1) is 11.3 Å². The molecule has 0 spiro atoms.